The quantitative estimate of drug-likeness (QED) is 0.857. The second-order valence-corrected chi connectivity index (χ2v) is 6.10. The summed E-state index contributed by atoms with van der Waals surface area (Å²) in [5, 5.41) is 3.06. The van der Waals surface area contributed by atoms with Crippen molar-refractivity contribution in [1.82, 2.24) is 5.32 Å². The summed E-state index contributed by atoms with van der Waals surface area (Å²) in [5.74, 6) is -0.537. The molecule has 1 aliphatic carbocycles. The summed E-state index contributed by atoms with van der Waals surface area (Å²) in [5.41, 5.74) is 2.95. The van der Waals surface area contributed by atoms with Gasteiger partial charge in [0.15, 0.2) is 0 Å². The molecule has 0 aliphatic heterocycles. The molecule has 4 heteroatoms. The zero-order chi connectivity index (χ0) is 14.8. The average Bonchev–Trinajstić information content (AvgIpc) is 2.47. The summed E-state index contributed by atoms with van der Waals surface area (Å²) in [6, 6.07) is 12.3. The molecule has 21 heavy (non-hydrogen) atoms. The van der Waals surface area contributed by atoms with Crippen molar-refractivity contribution < 1.29 is 9.18 Å². The third kappa shape index (κ3) is 3.00. The Kier molecular flexibility index (Phi) is 4.06. The molecule has 0 saturated carbocycles. The number of amides is 1. The molecule has 108 valence electrons. The standard InChI is InChI=1S/C17H15BrFNO/c18-15-10-12(19)8-9-14(15)17(21)20-16-7-3-5-11-4-1-2-6-13(11)16/h1-2,4,6,8-10,16H,3,5,7H2,(H,20,21)/t16-/m1/s1. The molecule has 0 unspecified atom stereocenters. The van der Waals surface area contributed by atoms with Gasteiger partial charge in [0.25, 0.3) is 5.91 Å². The number of carbonyl (C=O) groups excluding carboxylic acids is 1. The number of fused-ring (bicyclic) bond motifs is 1. The van der Waals surface area contributed by atoms with Crippen LogP contribution in [0.4, 0.5) is 4.39 Å². The molecule has 0 radical (unpaired) electrons. The summed E-state index contributed by atoms with van der Waals surface area (Å²) in [6.07, 6.45) is 3.05. The predicted molar refractivity (Wildman–Crippen MR) is 83.7 cm³/mol. The van der Waals surface area contributed by atoms with Crippen LogP contribution in [-0.4, -0.2) is 5.91 Å². The van der Waals surface area contributed by atoms with Gasteiger partial charge in [0, 0.05) is 4.47 Å². The van der Waals surface area contributed by atoms with Gasteiger partial charge in [-0.25, -0.2) is 4.39 Å². The zero-order valence-electron chi connectivity index (χ0n) is 11.4. The third-order valence-electron chi connectivity index (χ3n) is 3.85. The topological polar surface area (TPSA) is 29.1 Å². The second-order valence-electron chi connectivity index (χ2n) is 5.24. The Balaban J connectivity index is 1.83. The minimum absolute atomic E-state index is 0.0272. The number of aryl methyl sites for hydroxylation is 1. The van der Waals surface area contributed by atoms with E-state index in [-0.39, 0.29) is 17.8 Å². The lowest BCUT2D eigenvalue weighted by Gasteiger charge is -2.26. The van der Waals surface area contributed by atoms with Crippen LogP contribution in [0, 0.1) is 5.82 Å². The highest BCUT2D eigenvalue weighted by molar-refractivity contribution is 9.10. The second kappa shape index (κ2) is 5.98. The first-order chi connectivity index (χ1) is 10.1. The Labute approximate surface area is 131 Å². The Bertz CT molecular complexity index is 686. The molecule has 0 heterocycles. The van der Waals surface area contributed by atoms with Crippen LogP contribution in [0.15, 0.2) is 46.9 Å². The van der Waals surface area contributed by atoms with E-state index >= 15 is 0 Å². The van der Waals surface area contributed by atoms with Crippen LogP contribution < -0.4 is 5.32 Å². The van der Waals surface area contributed by atoms with Gasteiger partial charge in [0.05, 0.1) is 11.6 Å². The third-order valence-corrected chi connectivity index (χ3v) is 4.51. The molecule has 0 bridgehead atoms. The maximum Gasteiger partial charge on any atom is 0.252 e. The predicted octanol–water partition coefficient (Wildman–Crippen LogP) is 4.40. The van der Waals surface area contributed by atoms with Gasteiger partial charge in [-0.2, -0.15) is 0 Å². The van der Waals surface area contributed by atoms with E-state index in [0.717, 1.165) is 19.3 Å². The first-order valence-corrected chi connectivity index (χ1v) is 7.78. The monoisotopic (exact) mass is 347 g/mol. The molecule has 3 rings (SSSR count). The van der Waals surface area contributed by atoms with E-state index in [1.807, 2.05) is 12.1 Å². The van der Waals surface area contributed by atoms with Crippen molar-refractivity contribution in [2.24, 2.45) is 0 Å². The molecule has 0 saturated heterocycles. The van der Waals surface area contributed by atoms with Crippen molar-refractivity contribution in [2.45, 2.75) is 25.3 Å². The molecular weight excluding hydrogens is 333 g/mol. The minimum atomic E-state index is -0.360. The normalized spacial score (nSPS) is 17.1. The van der Waals surface area contributed by atoms with E-state index < -0.39 is 0 Å². The molecule has 0 aromatic heterocycles. The van der Waals surface area contributed by atoms with Crippen LogP contribution in [0.3, 0.4) is 0 Å². The number of benzene rings is 2. The van der Waals surface area contributed by atoms with Gasteiger partial charge in [-0.05, 0) is 64.5 Å². The van der Waals surface area contributed by atoms with E-state index in [2.05, 4.69) is 33.4 Å². The van der Waals surface area contributed by atoms with Crippen molar-refractivity contribution in [1.29, 1.82) is 0 Å². The van der Waals surface area contributed by atoms with Gasteiger partial charge < -0.3 is 5.32 Å². The Morgan fingerprint density at radius 1 is 1.24 bits per heavy atom. The minimum Gasteiger partial charge on any atom is -0.345 e. The summed E-state index contributed by atoms with van der Waals surface area (Å²) in [4.78, 5) is 12.4. The van der Waals surface area contributed by atoms with E-state index in [1.54, 1.807) is 0 Å². The molecule has 0 fully saturated rings. The van der Waals surface area contributed by atoms with Gasteiger partial charge in [-0.3, -0.25) is 4.79 Å². The molecule has 1 amide bonds. The van der Waals surface area contributed by atoms with Crippen LogP contribution in [0.5, 0.6) is 0 Å². The smallest absolute Gasteiger partial charge is 0.252 e. The molecule has 1 aliphatic rings. The average molecular weight is 348 g/mol. The van der Waals surface area contributed by atoms with Gasteiger partial charge in [0.1, 0.15) is 5.82 Å². The molecule has 2 aromatic rings. The van der Waals surface area contributed by atoms with E-state index in [4.69, 9.17) is 0 Å². The van der Waals surface area contributed by atoms with E-state index in [0.29, 0.717) is 10.0 Å². The van der Waals surface area contributed by atoms with Gasteiger partial charge in [-0.15, -0.1) is 0 Å². The van der Waals surface area contributed by atoms with Crippen molar-refractivity contribution in [3.05, 3.63) is 69.4 Å². The highest BCUT2D eigenvalue weighted by Gasteiger charge is 2.22. The van der Waals surface area contributed by atoms with Crippen LogP contribution in [0.1, 0.15) is 40.4 Å². The molecular formula is C17H15BrFNO. The summed E-state index contributed by atoms with van der Waals surface area (Å²) in [7, 11) is 0. The summed E-state index contributed by atoms with van der Waals surface area (Å²) < 4.78 is 13.6. The Morgan fingerprint density at radius 3 is 2.86 bits per heavy atom. The fraction of sp³-hybridized carbons (Fsp3) is 0.235. The Hall–Kier alpha value is -1.68. The van der Waals surface area contributed by atoms with Crippen LogP contribution in [-0.2, 0) is 6.42 Å². The molecule has 1 N–H and O–H groups in total. The number of nitrogens with one attached hydrogen (secondary N) is 1. The van der Waals surface area contributed by atoms with E-state index in [1.165, 1.54) is 29.3 Å². The summed E-state index contributed by atoms with van der Waals surface area (Å²) >= 11 is 3.24. The maximum atomic E-state index is 13.1. The van der Waals surface area contributed by atoms with Crippen molar-refractivity contribution in [3.63, 3.8) is 0 Å². The van der Waals surface area contributed by atoms with Crippen molar-refractivity contribution in [3.8, 4) is 0 Å². The highest BCUT2D eigenvalue weighted by Crippen LogP contribution is 2.30. The number of halogens is 2. The number of rotatable bonds is 2. The summed E-state index contributed by atoms with van der Waals surface area (Å²) in [6.45, 7) is 0. The van der Waals surface area contributed by atoms with Crippen LogP contribution in [0.25, 0.3) is 0 Å². The zero-order valence-corrected chi connectivity index (χ0v) is 13.0. The number of hydrogen-bond acceptors (Lipinski definition) is 1. The number of hydrogen-bond donors (Lipinski definition) is 1. The van der Waals surface area contributed by atoms with E-state index in [9.17, 15) is 9.18 Å². The lowest BCUT2D eigenvalue weighted by Crippen LogP contribution is -2.31. The van der Waals surface area contributed by atoms with Crippen LogP contribution in [0.2, 0.25) is 0 Å². The van der Waals surface area contributed by atoms with Crippen LogP contribution >= 0.6 is 15.9 Å². The largest absolute Gasteiger partial charge is 0.345 e. The lowest BCUT2D eigenvalue weighted by molar-refractivity contribution is 0.0932. The van der Waals surface area contributed by atoms with Crippen molar-refractivity contribution >= 4 is 21.8 Å². The fourth-order valence-corrected chi connectivity index (χ4v) is 3.34. The number of carbonyl (C=O) groups is 1. The Morgan fingerprint density at radius 2 is 2.05 bits per heavy atom. The van der Waals surface area contributed by atoms with Gasteiger partial charge in [-0.1, -0.05) is 24.3 Å². The first kappa shape index (κ1) is 14.3. The maximum absolute atomic E-state index is 13.1. The molecule has 1 atom stereocenters. The molecule has 0 spiro atoms. The first-order valence-electron chi connectivity index (χ1n) is 6.99. The molecule has 2 aromatic carbocycles. The molecule has 2 nitrogen and oxygen atoms in total. The lowest BCUT2D eigenvalue weighted by atomic mass is 9.87. The van der Waals surface area contributed by atoms with Crippen molar-refractivity contribution in [2.75, 3.05) is 0 Å². The van der Waals surface area contributed by atoms with Gasteiger partial charge >= 0.3 is 0 Å². The SMILES string of the molecule is O=C(N[C@@H]1CCCc2ccccc21)c1ccc(F)cc1Br. The fourth-order valence-electron chi connectivity index (χ4n) is 2.81. The van der Waals surface area contributed by atoms with Gasteiger partial charge in [0.2, 0.25) is 0 Å². The highest BCUT2D eigenvalue weighted by atomic mass is 79.9.